The molecule has 0 saturated heterocycles. The van der Waals surface area contributed by atoms with Crippen molar-refractivity contribution in [3.63, 3.8) is 0 Å². The first-order chi connectivity index (χ1) is 16.7. The van der Waals surface area contributed by atoms with Gasteiger partial charge >= 0.3 is 12.1 Å². The molecule has 9 nitrogen and oxygen atoms in total. The van der Waals surface area contributed by atoms with Crippen molar-refractivity contribution in [3.8, 4) is 11.4 Å². The van der Waals surface area contributed by atoms with E-state index in [9.17, 15) is 29.0 Å². The van der Waals surface area contributed by atoms with Gasteiger partial charge in [0.25, 0.3) is 5.56 Å². The Balaban J connectivity index is 1.68. The number of amides is 1. The Morgan fingerprint density at radius 2 is 2.09 bits per heavy atom. The summed E-state index contributed by atoms with van der Waals surface area (Å²) in [5, 5.41) is 23.8. The summed E-state index contributed by atoms with van der Waals surface area (Å²) in [6.45, 7) is 3.22. The van der Waals surface area contributed by atoms with E-state index in [1.54, 1.807) is 19.9 Å². The zero-order valence-electron chi connectivity index (χ0n) is 19.1. The molecule has 1 aliphatic carbocycles. The molecule has 2 aromatic heterocycles. The Kier molecular flexibility index (Phi) is 4.41. The van der Waals surface area contributed by atoms with E-state index in [2.05, 4.69) is 5.32 Å². The highest BCUT2D eigenvalue weighted by Crippen LogP contribution is 2.45. The molecule has 0 spiro atoms. The maximum absolute atomic E-state index is 14.8. The normalized spacial score (nSPS) is 21.8. The number of carboxylic acid groups (broad SMARTS) is 1. The average Bonchev–Trinajstić information content (AvgIpc) is 3.19. The molecule has 2 atom stereocenters. The minimum atomic E-state index is -1.96. The maximum atomic E-state index is 14.8. The maximum Gasteiger partial charge on any atom is 0.405 e. The van der Waals surface area contributed by atoms with Gasteiger partial charge in [0.1, 0.15) is 12.4 Å². The van der Waals surface area contributed by atoms with Gasteiger partial charge in [-0.3, -0.25) is 4.79 Å². The van der Waals surface area contributed by atoms with Crippen molar-refractivity contribution < 1.29 is 28.9 Å². The highest BCUT2D eigenvalue weighted by molar-refractivity contribution is 5.93. The molecule has 1 unspecified atom stereocenters. The number of aryl methyl sites for hydroxylation is 1. The number of aliphatic hydroxyl groups is 1. The molecule has 6 rings (SSSR count). The molecule has 180 valence electrons. The van der Waals surface area contributed by atoms with E-state index in [-0.39, 0.29) is 30.7 Å². The second kappa shape index (κ2) is 7.11. The first-order valence-electron chi connectivity index (χ1n) is 11.5. The molecule has 1 aromatic carbocycles. The summed E-state index contributed by atoms with van der Waals surface area (Å²) in [7, 11) is 0. The summed E-state index contributed by atoms with van der Waals surface area (Å²) in [6, 6.07) is 2.37. The van der Waals surface area contributed by atoms with Gasteiger partial charge in [0.15, 0.2) is 5.60 Å². The lowest BCUT2D eigenvalue weighted by atomic mass is 9.81. The van der Waals surface area contributed by atoms with Gasteiger partial charge in [0.2, 0.25) is 0 Å². The lowest BCUT2D eigenvalue weighted by molar-refractivity contribution is -0.172. The number of halogens is 1. The molecule has 2 aliphatic heterocycles. The van der Waals surface area contributed by atoms with Crippen LogP contribution in [0.3, 0.4) is 0 Å². The van der Waals surface area contributed by atoms with Gasteiger partial charge in [-0.25, -0.2) is 19.0 Å². The first-order valence-corrected chi connectivity index (χ1v) is 11.5. The summed E-state index contributed by atoms with van der Waals surface area (Å²) in [4.78, 5) is 42.2. The lowest BCUT2D eigenvalue weighted by Gasteiger charge is -2.31. The lowest BCUT2D eigenvalue weighted by Crippen LogP contribution is -2.44. The largest absolute Gasteiger partial charge is 0.465 e. The van der Waals surface area contributed by atoms with Crippen molar-refractivity contribution in [2.45, 2.75) is 57.9 Å². The summed E-state index contributed by atoms with van der Waals surface area (Å²) < 4.78 is 21.4. The predicted molar refractivity (Wildman–Crippen MR) is 121 cm³/mol. The van der Waals surface area contributed by atoms with E-state index in [0.29, 0.717) is 51.8 Å². The fourth-order valence-corrected chi connectivity index (χ4v) is 5.85. The molecule has 10 heteroatoms. The van der Waals surface area contributed by atoms with Gasteiger partial charge < -0.3 is 24.8 Å². The molecule has 3 aromatic rings. The number of aromatic nitrogens is 2. The standard InChI is InChI=1S/C25H22FN3O6/c1-3-25(34)14-6-18-21-12(8-29(18)22(30)13(14)9-35-23(25)31)20-16(28-24(32)33)5-4-11-10(2)15(26)7-17(27-21)19(11)20/h6-7,16,28,34H,3-5,8-9H2,1-2H3,(H,32,33)/t16?,25-/m0/s1. The van der Waals surface area contributed by atoms with Crippen molar-refractivity contribution >= 4 is 23.0 Å². The van der Waals surface area contributed by atoms with Crippen LogP contribution < -0.4 is 10.9 Å². The fourth-order valence-electron chi connectivity index (χ4n) is 5.85. The van der Waals surface area contributed by atoms with Gasteiger partial charge in [-0.15, -0.1) is 0 Å². The van der Waals surface area contributed by atoms with Crippen LogP contribution in [0.25, 0.3) is 22.3 Å². The van der Waals surface area contributed by atoms with E-state index in [0.717, 1.165) is 5.56 Å². The number of hydrogen-bond acceptors (Lipinski definition) is 6. The van der Waals surface area contributed by atoms with Crippen molar-refractivity contribution in [3.05, 3.63) is 61.7 Å². The van der Waals surface area contributed by atoms with Crippen molar-refractivity contribution in [1.82, 2.24) is 14.9 Å². The van der Waals surface area contributed by atoms with Crippen LogP contribution in [-0.2, 0) is 34.7 Å². The van der Waals surface area contributed by atoms with Crippen LogP contribution in [0.4, 0.5) is 9.18 Å². The number of cyclic esters (lactones) is 1. The molecule has 0 fully saturated rings. The predicted octanol–water partition coefficient (Wildman–Crippen LogP) is 2.78. The topological polar surface area (TPSA) is 131 Å². The number of esters is 1. The number of rotatable bonds is 2. The van der Waals surface area contributed by atoms with Crippen LogP contribution in [-0.4, -0.2) is 31.8 Å². The SMILES string of the molecule is CC[C@@]1(O)C(=O)OCc2c1cc1n(c2=O)Cc2c-1nc1cc(F)c(C)c3c1c2C(NC(=O)O)CC3. The van der Waals surface area contributed by atoms with Crippen molar-refractivity contribution in [2.75, 3.05) is 0 Å². The van der Waals surface area contributed by atoms with Crippen LogP contribution in [0.2, 0.25) is 0 Å². The number of fused-ring (bicyclic) bond motifs is 5. The molecule has 0 saturated carbocycles. The molecule has 1 amide bonds. The second-order valence-corrected chi connectivity index (χ2v) is 9.35. The van der Waals surface area contributed by atoms with Crippen LogP contribution in [0.5, 0.6) is 0 Å². The average molecular weight is 479 g/mol. The number of benzene rings is 1. The molecule has 0 radical (unpaired) electrons. The van der Waals surface area contributed by atoms with Crippen molar-refractivity contribution in [1.29, 1.82) is 0 Å². The van der Waals surface area contributed by atoms with E-state index in [1.807, 2.05) is 0 Å². The van der Waals surface area contributed by atoms with Crippen LogP contribution in [0.1, 0.15) is 59.2 Å². The minimum absolute atomic E-state index is 0.0173. The number of carbonyl (C=O) groups excluding carboxylic acids is 1. The molecule has 35 heavy (non-hydrogen) atoms. The third-order valence-corrected chi connectivity index (χ3v) is 7.68. The van der Waals surface area contributed by atoms with E-state index < -0.39 is 35.1 Å². The highest BCUT2D eigenvalue weighted by Gasteiger charge is 2.46. The third kappa shape index (κ3) is 2.77. The number of pyridine rings is 2. The highest BCUT2D eigenvalue weighted by atomic mass is 19.1. The molecule has 0 bridgehead atoms. The smallest absolute Gasteiger partial charge is 0.405 e. The second-order valence-electron chi connectivity index (χ2n) is 9.35. The minimum Gasteiger partial charge on any atom is -0.465 e. The van der Waals surface area contributed by atoms with Crippen LogP contribution in [0.15, 0.2) is 16.9 Å². The van der Waals surface area contributed by atoms with Crippen molar-refractivity contribution in [2.24, 2.45) is 0 Å². The monoisotopic (exact) mass is 479 g/mol. The summed E-state index contributed by atoms with van der Waals surface area (Å²) in [5.74, 6) is -1.22. The summed E-state index contributed by atoms with van der Waals surface area (Å²) in [5.41, 5.74) is 1.86. The molecule has 4 heterocycles. The third-order valence-electron chi connectivity index (χ3n) is 7.68. The van der Waals surface area contributed by atoms with Crippen LogP contribution >= 0.6 is 0 Å². The zero-order valence-corrected chi connectivity index (χ0v) is 19.1. The molecule has 3 N–H and O–H groups in total. The van der Waals surface area contributed by atoms with Gasteiger partial charge in [0, 0.05) is 22.6 Å². The van der Waals surface area contributed by atoms with Gasteiger partial charge in [0.05, 0.1) is 35.1 Å². The Bertz CT molecular complexity index is 1560. The van der Waals surface area contributed by atoms with Crippen LogP contribution in [0, 0.1) is 12.7 Å². The van der Waals surface area contributed by atoms with E-state index in [4.69, 9.17) is 9.72 Å². The number of nitrogens with zero attached hydrogens (tertiary/aromatic N) is 2. The van der Waals surface area contributed by atoms with E-state index in [1.165, 1.54) is 10.6 Å². The Morgan fingerprint density at radius 1 is 1.31 bits per heavy atom. The Morgan fingerprint density at radius 3 is 2.80 bits per heavy atom. The Labute approximate surface area is 198 Å². The van der Waals surface area contributed by atoms with Gasteiger partial charge in [-0.2, -0.15) is 0 Å². The van der Waals surface area contributed by atoms with Gasteiger partial charge in [-0.1, -0.05) is 6.92 Å². The number of hydrogen-bond donors (Lipinski definition) is 3. The van der Waals surface area contributed by atoms with E-state index >= 15 is 0 Å². The quantitative estimate of drug-likeness (QED) is 0.377. The molecular weight excluding hydrogens is 457 g/mol. The number of nitrogens with one attached hydrogen (secondary N) is 1. The fraction of sp³-hybridized carbons (Fsp3) is 0.360. The summed E-state index contributed by atoms with van der Waals surface area (Å²) >= 11 is 0. The molecule has 3 aliphatic rings. The number of ether oxygens (including phenoxy) is 1. The zero-order chi connectivity index (χ0) is 24.8. The number of carbonyl (C=O) groups is 2. The molecular formula is C25H22FN3O6. The first kappa shape index (κ1) is 21.7. The Hall–Kier alpha value is -3.79. The summed E-state index contributed by atoms with van der Waals surface area (Å²) in [6.07, 6.45) is -0.233. The van der Waals surface area contributed by atoms with Gasteiger partial charge in [-0.05, 0) is 48.9 Å².